The minimum Gasteiger partial charge on any atom is -0.494 e. The summed E-state index contributed by atoms with van der Waals surface area (Å²) in [5.74, 6) is -3.62. The van der Waals surface area contributed by atoms with Crippen LogP contribution < -0.4 is 20.7 Å². The van der Waals surface area contributed by atoms with Crippen molar-refractivity contribution in [3.05, 3.63) is 35.8 Å². The van der Waals surface area contributed by atoms with E-state index >= 15 is 0 Å². The molecule has 186 valence electrons. The van der Waals surface area contributed by atoms with Crippen LogP contribution in [0.3, 0.4) is 0 Å². The number of nitrogens with one attached hydrogen (secondary N) is 3. The van der Waals surface area contributed by atoms with E-state index in [2.05, 4.69) is 31.0 Å². The van der Waals surface area contributed by atoms with Crippen molar-refractivity contribution in [1.29, 1.82) is 0 Å². The molecule has 1 aromatic carbocycles. The number of rotatable bonds is 10. The van der Waals surface area contributed by atoms with Crippen LogP contribution in [0, 0.1) is 5.92 Å². The third-order valence-corrected chi connectivity index (χ3v) is 5.03. The Bertz CT molecular complexity index is 1270. The largest absolute Gasteiger partial charge is 0.494 e. The molecule has 2 radical (unpaired) electrons. The van der Waals surface area contributed by atoms with Gasteiger partial charge in [-0.25, -0.2) is 0 Å². The van der Waals surface area contributed by atoms with Crippen LogP contribution in [0.2, 0.25) is 0 Å². The Kier molecular flexibility index (Phi) is 7.14. The number of amides is 2. The number of carbonyl (C=O) groups is 2. The molecule has 1 aliphatic carbocycles. The van der Waals surface area contributed by atoms with E-state index in [0.29, 0.717) is 17.1 Å². The standard InChI is InChI=1S/C21H22BN7O7/c1-35-17-11(20-25-14(7-8-30)29-36-20)3-2-4-12(17)23-13-9-15(24-18(31)10-5-6-10)27-28-16(13)19(32)26-21(22,33)34/h2-4,9-10,30,33-34H,5-8H2,1H3,(H,26,32)(H2,23,24,27,31). The summed E-state index contributed by atoms with van der Waals surface area (Å²) in [6, 6.07) is 6.31. The number of hydrogen-bond donors (Lipinski definition) is 6. The minimum absolute atomic E-state index is 0.0415. The van der Waals surface area contributed by atoms with Crippen molar-refractivity contribution in [3.8, 4) is 17.2 Å². The first-order chi connectivity index (χ1) is 17.2. The maximum absolute atomic E-state index is 12.6. The lowest BCUT2D eigenvalue weighted by atomic mass is 10.0. The van der Waals surface area contributed by atoms with Gasteiger partial charge < -0.3 is 40.5 Å². The third kappa shape index (κ3) is 5.94. The molecule has 0 saturated heterocycles. The second-order valence-corrected chi connectivity index (χ2v) is 7.94. The molecule has 0 atom stereocenters. The molecule has 1 saturated carbocycles. The van der Waals surface area contributed by atoms with Gasteiger partial charge in [-0.05, 0) is 25.0 Å². The number of hydrogen-bond acceptors (Lipinski definition) is 12. The normalized spacial score (nSPS) is 13.2. The first kappa shape index (κ1) is 25.0. The lowest BCUT2D eigenvalue weighted by Crippen LogP contribution is -2.49. The average Bonchev–Trinajstić information content (AvgIpc) is 3.57. The molecule has 4 rings (SSSR count). The summed E-state index contributed by atoms with van der Waals surface area (Å²) in [6.45, 7) is -0.150. The zero-order valence-corrected chi connectivity index (χ0v) is 19.1. The Labute approximate surface area is 205 Å². The summed E-state index contributed by atoms with van der Waals surface area (Å²) in [5.41, 5.74) is 0.444. The van der Waals surface area contributed by atoms with Gasteiger partial charge in [-0.15, -0.1) is 10.2 Å². The SMILES string of the molecule is [B]C(O)(O)NC(=O)c1nnc(NC(=O)C2CC2)cc1Nc1cccc(-c2nc(CCO)no2)c1OC. The van der Waals surface area contributed by atoms with Crippen molar-refractivity contribution < 1.29 is 34.2 Å². The summed E-state index contributed by atoms with van der Waals surface area (Å²) in [7, 11) is 6.47. The molecule has 0 aliphatic heterocycles. The Morgan fingerprint density at radius 3 is 2.69 bits per heavy atom. The van der Waals surface area contributed by atoms with Gasteiger partial charge in [0.15, 0.2) is 36.7 Å². The van der Waals surface area contributed by atoms with E-state index in [-0.39, 0.29) is 53.7 Å². The Morgan fingerprint density at radius 2 is 2.03 bits per heavy atom. The highest BCUT2D eigenvalue weighted by atomic mass is 16.5. The molecule has 2 amide bonds. The second-order valence-electron chi connectivity index (χ2n) is 7.94. The molecular weight excluding hydrogens is 473 g/mol. The molecular formula is C21H22BN7O7. The summed E-state index contributed by atoms with van der Waals surface area (Å²) >= 11 is 0. The van der Waals surface area contributed by atoms with E-state index in [0.717, 1.165) is 12.8 Å². The Hall–Kier alpha value is -4.08. The topological polar surface area (TPSA) is 205 Å². The van der Waals surface area contributed by atoms with Gasteiger partial charge in [-0.3, -0.25) is 9.59 Å². The predicted molar refractivity (Wildman–Crippen MR) is 124 cm³/mol. The predicted octanol–water partition coefficient (Wildman–Crippen LogP) is -0.344. The number of aliphatic hydroxyl groups excluding tert-OH is 1. The number of aromatic nitrogens is 4. The van der Waals surface area contributed by atoms with E-state index < -0.39 is 11.7 Å². The van der Waals surface area contributed by atoms with Gasteiger partial charge in [-0.1, -0.05) is 11.2 Å². The van der Waals surface area contributed by atoms with Gasteiger partial charge in [0, 0.05) is 18.4 Å². The lowest BCUT2D eigenvalue weighted by molar-refractivity contribution is -0.117. The van der Waals surface area contributed by atoms with Crippen LogP contribution in [0.5, 0.6) is 5.75 Å². The fourth-order valence-electron chi connectivity index (χ4n) is 3.25. The van der Waals surface area contributed by atoms with E-state index in [1.807, 2.05) is 0 Å². The second kappa shape index (κ2) is 10.3. The highest BCUT2D eigenvalue weighted by Gasteiger charge is 2.30. The minimum atomic E-state index is -3.00. The van der Waals surface area contributed by atoms with E-state index in [9.17, 15) is 19.8 Å². The smallest absolute Gasteiger partial charge is 0.277 e. The van der Waals surface area contributed by atoms with Crippen molar-refractivity contribution in [1.82, 2.24) is 25.7 Å². The van der Waals surface area contributed by atoms with Crippen LogP contribution in [0.25, 0.3) is 11.5 Å². The number of anilines is 3. The van der Waals surface area contributed by atoms with E-state index in [1.165, 1.54) is 13.2 Å². The number of methoxy groups -OCH3 is 1. The first-order valence-electron chi connectivity index (χ1n) is 10.8. The molecule has 0 spiro atoms. The van der Waals surface area contributed by atoms with Crippen molar-refractivity contribution in [2.45, 2.75) is 25.1 Å². The molecule has 2 heterocycles. The van der Waals surface area contributed by atoms with Crippen LogP contribution in [0.1, 0.15) is 29.2 Å². The van der Waals surface area contributed by atoms with Crippen LogP contribution in [-0.2, 0) is 11.2 Å². The molecule has 2 aromatic heterocycles. The van der Waals surface area contributed by atoms with Crippen molar-refractivity contribution >= 4 is 36.9 Å². The number of benzene rings is 1. The van der Waals surface area contributed by atoms with E-state index in [4.69, 9.17) is 22.2 Å². The van der Waals surface area contributed by atoms with Crippen LogP contribution in [0.4, 0.5) is 17.2 Å². The molecule has 1 fully saturated rings. The number of para-hydroxylation sites is 1. The number of aliphatic hydroxyl groups is 3. The zero-order chi connectivity index (χ0) is 25.9. The van der Waals surface area contributed by atoms with Gasteiger partial charge in [0.25, 0.3) is 11.8 Å². The molecule has 6 N–H and O–H groups in total. The maximum Gasteiger partial charge on any atom is 0.277 e. The highest BCUT2D eigenvalue weighted by molar-refractivity contribution is 6.15. The quantitative estimate of drug-likeness (QED) is 0.158. The highest BCUT2D eigenvalue weighted by Crippen LogP contribution is 2.38. The number of ether oxygens (including phenoxy) is 1. The van der Waals surface area contributed by atoms with Crippen molar-refractivity contribution in [3.63, 3.8) is 0 Å². The monoisotopic (exact) mass is 495 g/mol. The summed E-state index contributed by atoms with van der Waals surface area (Å²) in [6.07, 6.45) is 1.75. The zero-order valence-electron chi connectivity index (χ0n) is 19.1. The molecule has 36 heavy (non-hydrogen) atoms. The molecule has 14 nitrogen and oxygen atoms in total. The summed E-state index contributed by atoms with van der Waals surface area (Å²) in [5, 5.41) is 46.7. The van der Waals surface area contributed by atoms with Gasteiger partial charge in [0.2, 0.25) is 5.91 Å². The Balaban J connectivity index is 1.70. The molecule has 1 aliphatic rings. The summed E-state index contributed by atoms with van der Waals surface area (Å²) < 4.78 is 10.8. The number of nitrogens with zero attached hydrogens (tertiary/aromatic N) is 4. The summed E-state index contributed by atoms with van der Waals surface area (Å²) in [4.78, 5) is 29.0. The van der Waals surface area contributed by atoms with Gasteiger partial charge in [0.1, 0.15) is 0 Å². The van der Waals surface area contributed by atoms with Crippen LogP contribution >= 0.6 is 0 Å². The lowest BCUT2D eigenvalue weighted by Gasteiger charge is -2.20. The maximum atomic E-state index is 12.6. The van der Waals surface area contributed by atoms with E-state index in [1.54, 1.807) is 23.5 Å². The first-order valence-corrected chi connectivity index (χ1v) is 10.8. The molecule has 15 heteroatoms. The van der Waals surface area contributed by atoms with Crippen LogP contribution in [-0.4, -0.2) is 74.8 Å². The van der Waals surface area contributed by atoms with Crippen LogP contribution in [0.15, 0.2) is 28.8 Å². The molecule has 3 aromatic rings. The fraction of sp³-hybridized carbons (Fsp3) is 0.333. The van der Waals surface area contributed by atoms with Gasteiger partial charge >= 0.3 is 0 Å². The number of carbonyl (C=O) groups excluding carboxylic acids is 2. The third-order valence-electron chi connectivity index (χ3n) is 5.03. The fourth-order valence-corrected chi connectivity index (χ4v) is 3.25. The van der Waals surface area contributed by atoms with Gasteiger partial charge in [0.05, 0.1) is 30.7 Å². The van der Waals surface area contributed by atoms with Gasteiger partial charge in [-0.2, -0.15) is 4.98 Å². The Morgan fingerprint density at radius 1 is 1.25 bits per heavy atom. The molecule has 0 bridgehead atoms. The average molecular weight is 495 g/mol. The van der Waals surface area contributed by atoms with Crippen molar-refractivity contribution in [2.24, 2.45) is 5.92 Å². The van der Waals surface area contributed by atoms with Crippen molar-refractivity contribution in [2.75, 3.05) is 24.4 Å². The molecule has 0 unspecified atom stereocenters.